The van der Waals surface area contributed by atoms with Gasteiger partial charge in [0.25, 0.3) is 0 Å². The summed E-state index contributed by atoms with van der Waals surface area (Å²) in [5.74, 6) is 2.79. The fourth-order valence-electron chi connectivity index (χ4n) is 1.76. The summed E-state index contributed by atoms with van der Waals surface area (Å²) in [6.45, 7) is 5.76. The molecule has 2 aromatic rings. The molecule has 124 valence electrons. The van der Waals surface area contributed by atoms with E-state index in [2.05, 4.69) is 25.8 Å². The molecule has 0 atom stereocenters. The number of halogens is 1. The first-order valence-electron chi connectivity index (χ1n) is 7.37. The molecule has 0 radical (unpaired) electrons. The summed E-state index contributed by atoms with van der Waals surface area (Å²) in [6, 6.07) is 7.83. The maximum atomic E-state index is 5.87. The Balaban J connectivity index is 1.76. The number of aliphatic imine (C=N–C) groups is 1. The lowest BCUT2D eigenvalue weighted by Crippen LogP contribution is -2.38. The number of aromatic nitrogens is 2. The molecule has 1 aromatic heterocycles. The Hall–Kier alpha value is -1.73. The minimum Gasteiger partial charge on any atom is -0.357 e. The molecule has 23 heavy (non-hydrogen) atoms. The predicted molar refractivity (Wildman–Crippen MR) is 94.0 cm³/mol. The molecule has 0 aliphatic heterocycles. The van der Waals surface area contributed by atoms with E-state index < -0.39 is 0 Å². The van der Waals surface area contributed by atoms with Gasteiger partial charge in [0.2, 0.25) is 5.89 Å². The van der Waals surface area contributed by atoms with Gasteiger partial charge in [-0.3, -0.25) is 0 Å². The first-order chi connectivity index (χ1) is 11.2. The topological polar surface area (TPSA) is 75.3 Å². The van der Waals surface area contributed by atoms with Crippen LogP contribution in [-0.4, -0.2) is 34.9 Å². The van der Waals surface area contributed by atoms with Crippen LogP contribution in [0.2, 0.25) is 5.02 Å². The lowest BCUT2D eigenvalue weighted by Gasteiger charge is -2.10. The highest BCUT2D eigenvalue weighted by Crippen LogP contribution is 2.19. The summed E-state index contributed by atoms with van der Waals surface area (Å²) in [5.41, 5.74) is 0. The largest absolute Gasteiger partial charge is 0.357 e. The summed E-state index contributed by atoms with van der Waals surface area (Å²) in [6.07, 6.45) is 0. The number of hydrogen-bond donors (Lipinski definition) is 2. The molecule has 1 aromatic carbocycles. The fraction of sp³-hybridized carbons (Fsp3) is 0.400. The Morgan fingerprint density at radius 1 is 1.30 bits per heavy atom. The van der Waals surface area contributed by atoms with E-state index in [1.54, 1.807) is 18.7 Å². The molecule has 2 rings (SSSR count). The molecule has 8 heteroatoms. The molecule has 0 saturated heterocycles. The zero-order valence-electron chi connectivity index (χ0n) is 13.2. The Kier molecular flexibility index (Phi) is 7.22. The fourth-order valence-corrected chi connectivity index (χ4v) is 2.66. The summed E-state index contributed by atoms with van der Waals surface area (Å²) in [4.78, 5) is 9.75. The van der Waals surface area contributed by atoms with E-state index in [4.69, 9.17) is 16.1 Å². The average Bonchev–Trinajstić information content (AvgIpc) is 2.96. The number of hydrogen-bond acceptors (Lipinski definition) is 5. The molecular weight excluding hydrogens is 334 g/mol. The van der Waals surface area contributed by atoms with Crippen LogP contribution in [0.1, 0.15) is 18.6 Å². The van der Waals surface area contributed by atoms with Crippen molar-refractivity contribution < 1.29 is 4.52 Å². The first kappa shape index (κ1) is 17.6. The zero-order chi connectivity index (χ0) is 16.5. The third-order valence-corrected chi connectivity index (χ3v) is 4.03. The van der Waals surface area contributed by atoms with Crippen LogP contribution in [-0.2, 0) is 6.54 Å². The van der Waals surface area contributed by atoms with Gasteiger partial charge in [-0.25, -0.2) is 4.99 Å². The van der Waals surface area contributed by atoms with Gasteiger partial charge in [0, 0.05) is 28.8 Å². The van der Waals surface area contributed by atoms with Crippen molar-refractivity contribution in [2.24, 2.45) is 4.99 Å². The number of benzene rings is 1. The van der Waals surface area contributed by atoms with E-state index in [0.717, 1.165) is 29.8 Å². The van der Waals surface area contributed by atoms with Crippen LogP contribution in [0.15, 0.2) is 38.7 Å². The third kappa shape index (κ3) is 6.50. The van der Waals surface area contributed by atoms with Crippen LogP contribution in [0.4, 0.5) is 0 Å². The monoisotopic (exact) mass is 353 g/mol. The zero-order valence-corrected chi connectivity index (χ0v) is 14.7. The Morgan fingerprint density at radius 3 is 2.74 bits per heavy atom. The standard InChI is InChI=1S/C15H20ClN5OS/c1-3-17-15(19-10-14-20-11(2)21-22-14)18-8-9-23-13-6-4-12(16)5-7-13/h4-7H,3,8-10H2,1-2H3,(H2,17,18,19). The number of thioether (sulfide) groups is 1. The van der Waals surface area contributed by atoms with Gasteiger partial charge in [-0.05, 0) is 38.1 Å². The van der Waals surface area contributed by atoms with Crippen molar-refractivity contribution in [1.82, 2.24) is 20.8 Å². The number of rotatable bonds is 7. The molecule has 0 aliphatic rings. The van der Waals surface area contributed by atoms with Gasteiger partial charge < -0.3 is 15.2 Å². The quantitative estimate of drug-likeness (QED) is 0.345. The average molecular weight is 354 g/mol. The molecule has 0 aliphatic carbocycles. The Labute approximate surface area is 145 Å². The van der Waals surface area contributed by atoms with E-state index in [1.807, 2.05) is 31.2 Å². The Bertz CT molecular complexity index is 629. The van der Waals surface area contributed by atoms with E-state index in [1.165, 1.54) is 4.90 Å². The SMILES string of the molecule is CCNC(=NCc1nc(C)no1)NCCSc1ccc(Cl)cc1. The highest BCUT2D eigenvalue weighted by Gasteiger charge is 2.03. The van der Waals surface area contributed by atoms with Gasteiger partial charge in [0.15, 0.2) is 11.8 Å². The van der Waals surface area contributed by atoms with Crippen LogP contribution in [0.25, 0.3) is 0 Å². The number of aryl methyl sites for hydroxylation is 1. The van der Waals surface area contributed by atoms with Crippen LogP contribution in [0, 0.1) is 6.92 Å². The van der Waals surface area contributed by atoms with Crippen LogP contribution in [0.5, 0.6) is 0 Å². The van der Waals surface area contributed by atoms with Crippen LogP contribution in [0.3, 0.4) is 0 Å². The number of guanidine groups is 1. The molecule has 0 fully saturated rings. The van der Waals surface area contributed by atoms with E-state index in [0.29, 0.717) is 18.3 Å². The molecule has 6 nitrogen and oxygen atoms in total. The van der Waals surface area contributed by atoms with Crippen molar-refractivity contribution in [2.45, 2.75) is 25.3 Å². The van der Waals surface area contributed by atoms with Gasteiger partial charge in [0.05, 0.1) is 0 Å². The van der Waals surface area contributed by atoms with Crippen molar-refractivity contribution in [2.75, 3.05) is 18.8 Å². The second kappa shape index (κ2) is 9.42. The summed E-state index contributed by atoms with van der Waals surface area (Å²) >= 11 is 7.64. The van der Waals surface area contributed by atoms with Crippen molar-refractivity contribution in [3.63, 3.8) is 0 Å². The minimum atomic E-state index is 0.362. The van der Waals surface area contributed by atoms with Crippen molar-refractivity contribution >= 4 is 29.3 Å². The van der Waals surface area contributed by atoms with Gasteiger partial charge in [0.1, 0.15) is 6.54 Å². The maximum Gasteiger partial charge on any atom is 0.248 e. The first-order valence-corrected chi connectivity index (χ1v) is 8.73. The second-order valence-corrected chi connectivity index (χ2v) is 6.26. The molecule has 0 bridgehead atoms. The van der Waals surface area contributed by atoms with E-state index >= 15 is 0 Å². The molecule has 0 unspecified atom stereocenters. The number of nitrogens with one attached hydrogen (secondary N) is 2. The molecule has 1 heterocycles. The van der Waals surface area contributed by atoms with Crippen LogP contribution >= 0.6 is 23.4 Å². The maximum absolute atomic E-state index is 5.87. The van der Waals surface area contributed by atoms with Crippen molar-refractivity contribution in [1.29, 1.82) is 0 Å². The lowest BCUT2D eigenvalue weighted by molar-refractivity contribution is 0.376. The summed E-state index contributed by atoms with van der Waals surface area (Å²) < 4.78 is 5.05. The van der Waals surface area contributed by atoms with Gasteiger partial charge >= 0.3 is 0 Å². The normalized spacial score (nSPS) is 11.5. The molecule has 0 saturated carbocycles. The molecular formula is C15H20ClN5OS. The van der Waals surface area contributed by atoms with Crippen molar-refractivity contribution in [3.8, 4) is 0 Å². The van der Waals surface area contributed by atoms with E-state index in [9.17, 15) is 0 Å². The van der Waals surface area contributed by atoms with Gasteiger partial charge in [-0.1, -0.05) is 16.8 Å². The summed E-state index contributed by atoms with van der Waals surface area (Å²) in [7, 11) is 0. The van der Waals surface area contributed by atoms with Crippen molar-refractivity contribution in [3.05, 3.63) is 41.0 Å². The molecule has 0 amide bonds. The van der Waals surface area contributed by atoms with E-state index in [-0.39, 0.29) is 0 Å². The summed E-state index contributed by atoms with van der Waals surface area (Å²) in [5, 5.41) is 11.0. The minimum absolute atomic E-state index is 0.362. The Morgan fingerprint density at radius 2 is 2.09 bits per heavy atom. The number of nitrogens with zero attached hydrogens (tertiary/aromatic N) is 3. The third-order valence-electron chi connectivity index (χ3n) is 2.76. The highest BCUT2D eigenvalue weighted by atomic mass is 35.5. The molecule has 0 spiro atoms. The molecule has 2 N–H and O–H groups in total. The predicted octanol–water partition coefficient (Wildman–Crippen LogP) is 2.88. The van der Waals surface area contributed by atoms with Gasteiger partial charge in [-0.15, -0.1) is 11.8 Å². The van der Waals surface area contributed by atoms with Crippen LogP contribution < -0.4 is 10.6 Å². The van der Waals surface area contributed by atoms with Gasteiger partial charge in [-0.2, -0.15) is 4.98 Å². The lowest BCUT2D eigenvalue weighted by atomic mass is 10.4. The second-order valence-electron chi connectivity index (χ2n) is 4.66. The highest BCUT2D eigenvalue weighted by molar-refractivity contribution is 7.99. The smallest absolute Gasteiger partial charge is 0.248 e.